The van der Waals surface area contributed by atoms with E-state index in [-0.39, 0.29) is 17.2 Å². The molecule has 0 unspecified atom stereocenters. The van der Waals surface area contributed by atoms with Gasteiger partial charge in [-0.1, -0.05) is 17.7 Å². The molecule has 3 aliphatic rings. The van der Waals surface area contributed by atoms with Crippen molar-refractivity contribution in [1.82, 2.24) is 14.7 Å². The van der Waals surface area contributed by atoms with Crippen LogP contribution in [-0.2, 0) is 9.59 Å². The van der Waals surface area contributed by atoms with Crippen molar-refractivity contribution in [2.75, 3.05) is 52.4 Å². The van der Waals surface area contributed by atoms with Crippen LogP contribution >= 0.6 is 11.6 Å². The SMILES string of the molecule is O=C(CN1CCCC1)N1CCC(COc2cccc(Cl)c2)(CC(=O)N2CCCCC2)CC1. The molecule has 1 aromatic rings. The first kappa shape index (κ1) is 23.4. The average Bonchev–Trinajstić information content (AvgIpc) is 3.32. The highest BCUT2D eigenvalue weighted by molar-refractivity contribution is 6.30. The van der Waals surface area contributed by atoms with Gasteiger partial charge >= 0.3 is 0 Å². The van der Waals surface area contributed by atoms with E-state index in [4.69, 9.17) is 16.3 Å². The molecule has 0 bridgehead atoms. The van der Waals surface area contributed by atoms with E-state index >= 15 is 0 Å². The van der Waals surface area contributed by atoms with Gasteiger partial charge < -0.3 is 14.5 Å². The lowest BCUT2D eigenvalue weighted by atomic mass is 9.75. The minimum Gasteiger partial charge on any atom is -0.493 e. The Balaban J connectivity index is 1.39. The van der Waals surface area contributed by atoms with Crippen LogP contribution in [0.15, 0.2) is 24.3 Å². The number of ether oxygens (including phenoxy) is 1. The van der Waals surface area contributed by atoms with Gasteiger partial charge in [0, 0.05) is 43.0 Å². The maximum absolute atomic E-state index is 13.1. The molecule has 4 rings (SSSR count). The van der Waals surface area contributed by atoms with Crippen LogP contribution in [0.4, 0.5) is 0 Å². The number of carbonyl (C=O) groups excluding carboxylic acids is 2. The van der Waals surface area contributed by atoms with Gasteiger partial charge in [-0.05, 0) is 76.2 Å². The number of carbonyl (C=O) groups is 2. The van der Waals surface area contributed by atoms with Crippen LogP contribution in [0.25, 0.3) is 0 Å². The molecule has 1 aromatic carbocycles. The number of halogens is 1. The van der Waals surface area contributed by atoms with Crippen LogP contribution in [0.1, 0.15) is 51.4 Å². The van der Waals surface area contributed by atoms with E-state index in [0.29, 0.717) is 37.7 Å². The summed E-state index contributed by atoms with van der Waals surface area (Å²) in [7, 11) is 0. The zero-order chi connectivity index (χ0) is 22.4. The number of likely N-dealkylation sites (tertiary alicyclic amines) is 3. The van der Waals surface area contributed by atoms with Crippen LogP contribution in [0, 0.1) is 5.41 Å². The van der Waals surface area contributed by atoms with Gasteiger partial charge in [0.1, 0.15) is 5.75 Å². The molecule has 3 fully saturated rings. The minimum absolute atomic E-state index is 0.221. The summed E-state index contributed by atoms with van der Waals surface area (Å²) in [5.74, 6) is 1.18. The summed E-state index contributed by atoms with van der Waals surface area (Å²) < 4.78 is 6.15. The topological polar surface area (TPSA) is 53.1 Å². The maximum Gasteiger partial charge on any atom is 0.236 e. The lowest BCUT2D eigenvalue weighted by molar-refractivity contribution is -0.139. The van der Waals surface area contributed by atoms with Gasteiger partial charge in [0.25, 0.3) is 0 Å². The molecule has 0 N–H and O–H groups in total. The van der Waals surface area contributed by atoms with Gasteiger partial charge in [0.2, 0.25) is 11.8 Å². The summed E-state index contributed by atoms with van der Waals surface area (Å²) in [6.07, 6.45) is 7.85. The quantitative estimate of drug-likeness (QED) is 0.619. The molecule has 0 saturated carbocycles. The molecule has 0 aromatic heterocycles. The van der Waals surface area contributed by atoms with E-state index in [2.05, 4.69) is 4.90 Å². The zero-order valence-electron chi connectivity index (χ0n) is 19.1. The predicted octanol–water partition coefficient (Wildman–Crippen LogP) is 3.83. The molecule has 0 aliphatic carbocycles. The van der Waals surface area contributed by atoms with Crippen molar-refractivity contribution in [2.24, 2.45) is 5.41 Å². The fourth-order valence-corrected chi connectivity index (χ4v) is 5.38. The first-order valence-corrected chi connectivity index (χ1v) is 12.6. The van der Waals surface area contributed by atoms with E-state index in [0.717, 1.165) is 57.6 Å². The summed E-state index contributed by atoms with van der Waals surface area (Å²) in [6.45, 7) is 6.18. The van der Waals surface area contributed by atoms with Crippen molar-refractivity contribution in [3.8, 4) is 5.75 Å². The highest BCUT2D eigenvalue weighted by Crippen LogP contribution is 2.37. The molecule has 2 amide bonds. The van der Waals surface area contributed by atoms with Crippen LogP contribution in [-0.4, -0.2) is 78.9 Å². The summed E-state index contributed by atoms with van der Waals surface area (Å²) in [6, 6.07) is 7.43. The van der Waals surface area contributed by atoms with Crippen molar-refractivity contribution in [1.29, 1.82) is 0 Å². The van der Waals surface area contributed by atoms with E-state index in [1.54, 1.807) is 0 Å². The third kappa shape index (κ3) is 6.16. The maximum atomic E-state index is 13.1. The molecule has 6 nitrogen and oxygen atoms in total. The molecule has 176 valence electrons. The van der Waals surface area contributed by atoms with E-state index in [1.807, 2.05) is 34.1 Å². The zero-order valence-corrected chi connectivity index (χ0v) is 19.8. The smallest absolute Gasteiger partial charge is 0.236 e. The van der Waals surface area contributed by atoms with Crippen molar-refractivity contribution in [2.45, 2.75) is 51.4 Å². The van der Waals surface area contributed by atoms with Gasteiger partial charge in [0.15, 0.2) is 0 Å². The van der Waals surface area contributed by atoms with Gasteiger partial charge in [0.05, 0.1) is 13.2 Å². The number of benzene rings is 1. The highest BCUT2D eigenvalue weighted by Gasteiger charge is 2.40. The third-order valence-corrected chi connectivity index (χ3v) is 7.55. The Morgan fingerprint density at radius 1 is 0.875 bits per heavy atom. The van der Waals surface area contributed by atoms with Gasteiger partial charge in [-0.15, -0.1) is 0 Å². The van der Waals surface area contributed by atoms with Crippen LogP contribution in [0.5, 0.6) is 5.75 Å². The lowest BCUT2D eigenvalue weighted by Gasteiger charge is -2.42. The summed E-state index contributed by atoms with van der Waals surface area (Å²) in [5.41, 5.74) is -0.249. The number of hydrogen-bond acceptors (Lipinski definition) is 4. The number of rotatable bonds is 7. The van der Waals surface area contributed by atoms with Crippen molar-refractivity contribution < 1.29 is 14.3 Å². The average molecular weight is 462 g/mol. The Labute approximate surface area is 196 Å². The Hall–Kier alpha value is -1.79. The summed E-state index contributed by atoms with van der Waals surface area (Å²) in [4.78, 5) is 32.2. The highest BCUT2D eigenvalue weighted by atomic mass is 35.5. The molecular formula is C25H36ClN3O3. The van der Waals surface area contributed by atoms with Crippen LogP contribution < -0.4 is 4.74 Å². The lowest BCUT2D eigenvalue weighted by Crippen LogP contribution is -2.50. The molecule has 3 aliphatic heterocycles. The van der Waals surface area contributed by atoms with Crippen LogP contribution in [0.2, 0.25) is 5.02 Å². The van der Waals surface area contributed by atoms with E-state index < -0.39 is 0 Å². The Morgan fingerprint density at radius 3 is 2.22 bits per heavy atom. The standard InChI is InChI=1S/C25H36ClN3O3/c26-21-7-6-8-22(17-21)32-20-25(18-23(30)28-13-2-1-3-14-28)9-15-29(16-10-25)24(31)19-27-11-4-5-12-27/h6-8,17H,1-5,9-16,18-20H2. The summed E-state index contributed by atoms with van der Waals surface area (Å²) in [5, 5.41) is 0.642. The Morgan fingerprint density at radius 2 is 1.53 bits per heavy atom. The van der Waals surface area contributed by atoms with Gasteiger partial charge in [-0.3, -0.25) is 14.5 Å². The Kier molecular flexibility index (Phi) is 7.95. The largest absolute Gasteiger partial charge is 0.493 e. The minimum atomic E-state index is -0.249. The second kappa shape index (κ2) is 10.9. The van der Waals surface area contributed by atoms with Crippen LogP contribution in [0.3, 0.4) is 0 Å². The summed E-state index contributed by atoms with van der Waals surface area (Å²) >= 11 is 6.12. The monoisotopic (exact) mass is 461 g/mol. The molecule has 0 radical (unpaired) electrons. The second-order valence-corrected chi connectivity index (χ2v) is 10.2. The third-order valence-electron chi connectivity index (χ3n) is 7.31. The normalized spacial score (nSPS) is 21.5. The molecule has 3 heterocycles. The fourth-order valence-electron chi connectivity index (χ4n) is 5.20. The van der Waals surface area contributed by atoms with Gasteiger partial charge in [-0.2, -0.15) is 0 Å². The number of nitrogens with zero attached hydrogens (tertiary/aromatic N) is 3. The molecule has 0 atom stereocenters. The van der Waals surface area contributed by atoms with Gasteiger partial charge in [-0.25, -0.2) is 0 Å². The van der Waals surface area contributed by atoms with E-state index in [9.17, 15) is 9.59 Å². The number of hydrogen-bond donors (Lipinski definition) is 0. The number of amides is 2. The van der Waals surface area contributed by atoms with E-state index in [1.165, 1.54) is 19.3 Å². The van der Waals surface area contributed by atoms with Crippen molar-refractivity contribution in [3.63, 3.8) is 0 Å². The second-order valence-electron chi connectivity index (χ2n) is 9.73. The first-order chi connectivity index (χ1) is 15.5. The predicted molar refractivity (Wildman–Crippen MR) is 126 cm³/mol. The molecular weight excluding hydrogens is 426 g/mol. The Bertz CT molecular complexity index is 782. The first-order valence-electron chi connectivity index (χ1n) is 12.2. The fraction of sp³-hybridized carbons (Fsp3) is 0.680. The molecule has 7 heteroatoms. The molecule has 0 spiro atoms. The van der Waals surface area contributed by atoms with Crippen molar-refractivity contribution in [3.05, 3.63) is 29.3 Å². The molecule has 32 heavy (non-hydrogen) atoms. The number of piperidine rings is 2. The van der Waals surface area contributed by atoms with Crippen molar-refractivity contribution >= 4 is 23.4 Å². The molecule has 3 saturated heterocycles.